The van der Waals surface area contributed by atoms with Gasteiger partial charge in [-0.2, -0.15) is 0 Å². The van der Waals surface area contributed by atoms with Crippen molar-refractivity contribution in [1.29, 1.82) is 0 Å². The summed E-state index contributed by atoms with van der Waals surface area (Å²) < 4.78 is 12.0. The number of anilines is 1. The number of thiazole rings is 1. The molecule has 2 aromatic carbocycles. The molecule has 0 atom stereocenters. The van der Waals surface area contributed by atoms with Crippen LogP contribution in [0.3, 0.4) is 0 Å². The van der Waals surface area contributed by atoms with Crippen molar-refractivity contribution in [2.45, 2.75) is 13.3 Å². The van der Waals surface area contributed by atoms with Crippen LogP contribution < -0.4 is 9.64 Å². The highest BCUT2D eigenvalue weighted by Gasteiger charge is 2.23. The molecule has 0 aliphatic carbocycles. The highest BCUT2D eigenvalue weighted by molar-refractivity contribution is 7.22. The first-order valence-corrected chi connectivity index (χ1v) is 11.7. The first-order chi connectivity index (χ1) is 15.2. The van der Waals surface area contributed by atoms with Crippen LogP contribution in [0.25, 0.3) is 10.2 Å². The van der Waals surface area contributed by atoms with Crippen LogP contribution in [-0.2, 0) is 4.74 Å². The zero-order valence-electron chi connectivity index (χ0n) is 17.6. The lowest BCUT2D eigenvalue weighted by atomic mass is 10.2. The Kier molecular flexibility index (Phi) is 7.40. The molecule has 0 spiro atoms. The summed E-state index contributed by atoms with van der Waals surface area (Å²) in [7, 11) is 0. The maximum atomic E-state index is 13.4. The lowest BCUT2D eigenvalue weighted by molar-refractivity contribution is 0.0376. The number of fused-ring (bicyclic) bond motifs is 1. The van der Waals surface area contributed by atoms with Gasteiger partial charge in [0.15, 0.2) is 5.13 Å². The van der Waals surface area contributed by atoms with Crippen molar-refractivity contribution in [1.82, 2.24) is 9.88 Å². The van der Waals surface area contributed by atoms with Gasteiger partial charge in [-0.1, -0.05) is 35.1 Å². The van der Waals surface area contributed by atoms with Crippen LogP contribution in [0.5, 0.6) is 5.75 Å². The van der Waals surface area contributed by atoms with Crippen molar-refractivity contribution in [3.63, 3.8) is 0 Å². The number of amides is 1. The zero-order valence-corrected chi connectivity index (χ0v) is 19.1. The van der Waals surface area contributed by atoms with Gasteiger partial charge < -0.3 is 9.47 Å². The fourth-order valence-corrected chi connectivity index (χ4v) is 4.84. The molecular formula is C23H26ClN3O3S. The summed E-state index contributed by atoms with van der Waals surface area (Å²) in [5, 5.41) is 1.13. The summed E-state index contributed by atoms with van der Waals surface area (Å²) in [5.41, 5.74) is 1.35. The Morgan fingerprint density at radius 3 is 2.84 bits per heavy atom. The number of hydrogen-bond acceptors (Lipinski definition) is 6. The average molecular weight is 460 g/mol. The Bertz CT molecular complexity index is 1040. The Morgan fingerprint density at radius 1 is 1.26 bits per heavy atom. The largest absolute Gasteiger partial charge is 0.494 e. The van der Waals surface area contributed by atoms with Crippen molar-refractivity contribution in [3.05, 3.63) is 53.1 Å². The van der Waals surface area contributed by atoms with Gasteiger partial charge in [0, 0.05) is 26.2 Å². The van der Waals surface area contributed by atoms with Crippen molar-refractivity contribution < 1.29 is 14.3 Å². The molecule has 1 aliphatic rings. The lowest BCUT2D eigenvalue weighted by Gasteiger charge is -2.27. The number of hydrogen-bond donors (Lipinski definition) is 0. The molecule has 1 saturated heterocycles. The first kappa shape index (κ1) is 22.0. The molecule has 0 N–H and O–H groups in total. The molecule has 0 saturated carbocycles. The van der Waals surface area contributed by atoms with E-state index in [1.807, 2.05) is 37.3 Å². The topological polar surface area (TPSA) is 54.9 Å². The molecule has 0 unspecified atom stereocenters. The molecule has 3 aromatic rings. The van der Waals surface area contributed by atoms with Crippen LogP contribution in [0.1, 0.15) is 23.7 Å². The van der Waals surface area contributed by atoms with E-state index >= 15 is 0 Å². The van der Waals surface area contributed by atoms with Crippen LogP contribution in [0.2, 0.25) is 5.02 Å². The summed E-state index contributed by atoms with van der Waals surface area (Å²) in [6.45, 7) is 7.44. The van der Waals surface area contributed by atoms with E-state index in [0.29, 0.717) is 28.9 Å². The molecule has 1 amide bonds. The van der Waals surface area contributed by atoms with Crippen LogP contribution in [0.15, 0.2) is 42.5 Å². The number of aromatic nitrogens is 1. The number of halogens is 1. The molecule has 1 aromatic heterocycles. The first-order valence-electron chi connectivity index (χ1n) is 10.6. The second-order valence-corrected chi connectivity index (χ2v) is 8.72. The number of ether oxygens (including phenoxy) is 2. The van der Waals surface area contributed by atoms with Gasteiger partial charge in [-0.3, -0.25) is 14.6 Å². The third-order valence-electron chi connectivity index (χ3n) is 5.20. The van der Waals surface area contributed by atoms with E-state index in [-0.39, 0.29) is 5.91 Å². The molecule has 2 heterocycles. The predicted molar refractivity (Wildman–Crippen MR) is 126 cm³/mol. The summed E-state index contributed by atoms with van der Waals surface area (Å²) in [6, 6.07) is 13.0. The highest BCUT2D eigenvalue weighted by atomic mass is 35.5. The van der Waals surface area contributed by atoms with Crippen molar-refractivity contribution in [2.24, 2.45) is 0 Å². The minimum absolute atomic E-state index is 0.128. The quantitative estimate of drug-likeness (QED) is 0.488. The second-order valence-electron chi connectivity index (χ2n) is 7.30. The van der Waals surface area contributed by atoms with Gasteiger partial charge in [0.05, 0.1) is 40.6 Å². The number of rotatable bonds is 8. The summed E-state index contributed by atoms with van der Waals surface area (Å²) in [5.74, 6) is 0.679. The highest BCUT2D eigenvalue weighted by Crippen LogP contribution is 2.33. The number of morpholine rings is 1. The zero-order chi connectivity index (χ0) is 21.6. The molecule has 1 aliphatic heterocycles. The van der Waals surface area contributed by atoms with Crippen LogP contribution >= 0.6 is 22.9 Å². The number of carbonyl (C=O) groups excluding carboxylic acids is 1. The Hall–Kier alpha value is -2.19. The molecule has 31 heavy (non-hydrogen) atoms. The summed E-state index contributed by atoms with van der Waals surface area (Å²) in [4.78, 5) is 22.3. The minimum Gasteiger partial charge on any atom is -0.494 e. The Labute approximate surface area is 191 Å². The van der Waals surface area contributed by atoms with Gasteiger partial charge in [0.25, 0.3) is 5.91 Å². The molecule has 164 valence electrons. The van der Waals surface area contributed by atoms with E-state index in [2.05, 4.69) is 4.90 Å². The van der Waals surface area contributed by atoms with Gasteiger partial charge >= 0.3 is 0 Å². The SMILES string of the molecule is CCOc1ccc2nc(N(CCCN3CCOCC3)C(=O)c3ccccc3Cl)sc2c1. The van der Waals surface area contributed by atoms with Gasteiger partial charge in [-0.15, -0.1) is 0 Å². The Balaban J connectivity index is 1.58. The third-order valence-corrected chi connectivity index (χ3v) is 6.57. The van der Waals surface area contributed by atoms with E-state index < -0.39 is 0 Å². The molecule has 8 heteroatoms. The fraction of sp³-hybridized carbons (Fsp3) is 0.391. The van der Waals surface area contributed by atoms with Crippen molar-refractivity contribution >= 4 is 44.2 Å². The summed E-state index contributed by atoms with van der Waals surface area (Å²) >= 11 is 7.84. The van der Waals surface area contributed by atoms with Gasteiger partial charge in [-0.05, 0) is 43.7 Å². The van der Waals surface area contributed by atoms with Crippen molar-refractivity contribution in [3.8, 4) is 5.75 Å². The molecule has 0 bridgehead atoms. The molecule has 4 rings (SSSR count). The lowest BCUT2D eigenvalue weighted by Crippen LogP contribution is -2.39. The maximum Gasteiger partial charge on any atom is 0.261 e. The Morgan fingerprint density at radius 2 is 2.06 bits per heavy atom. The van der Waals surface area contributed by atoms with Crippen LogP contribution in [-0.4, -0.2) is 61.8 Å². The number of carbonyl (C=O) groups is 1. The minimum atomic E-state index is -0.128. The summed E-state index contributed by atoms with van der Waals surface area (Å²) in [6.07, 6.45) is 0.844. The van der Waals surface area contributed by atoms with Crippen molar-refractivity contribution in [2.75, 3.05) is 50.9 Å². The molecule has 6 nitrogen and oxygen atoms in total. The molecular weight excluding hydrogens is 434 g/mol. The molecule has 1 fully saturated rings. The van der Waals surface area contributed by atoms with E-state index in [1.54, 1.807) is 17.0 Å². The van der Waals surface area contributed by atoms with Gasteiger partial charge in [0.1, 0.15) is 5.75 Å². The normalized spacial score (nSPS) is 14.6. The number of benzene rings is 2. The van der Waals surface area contributed by atoms with E-state index in [0.717, 1.165) is 55.2 Å². The average Bonchev–Trinajstić information content (AvgIpc) is 3.20. The number of nitrogens with zero attached hydrogens (tertiary/aromatic N) is 3. The van der Waals surface area contributed by atoms with Gasteiger partial charge in [0.2, 0.25) is 0 Å². The fourth-order valence-electron chi connectivity index (χ4n) is 3.61. The second kappa shape index (κ2) is 10.4. The van der Waals surface area contributed by atoms with E-state index in [4.69, 9.17) is 26.1 Å². The standard InChI is InChI=1S/C23H26ClN3O3S/c1-2-30-17-8-9-20-21(16-17)31-23(25-20)27(11-5-10-26-12-14-29-15-13-26)22(28)18-6-3-4-7-19(18)24/h3-4,6-9,16H,2,5,10-15H2,1H3. The monoisotopic (exact) mass is 459 g/mol. The smallest absolute Gasteiger partial charge is 0.261 e. The van der Waals surface area contributed by atoms with Gasteiger partial charge in [-0.25, -0.2) is 4.98 Å². The van der Waals surface area contributed by atoms with E-state index in [9.17, 15) is 4.79 Å². The maximum absolute atomic E-state index is 13.4. The third kappa shape index (κ3) is 5.36. The predicted octanol–water partition coefficient (Wildman–Crippen LogP) is 4.72. The molecule has 0 radical (unpaired) electrons. The van der Waals surface area contributed by atoms with Crippen LogP contribution in [0.4, 0.5) is 5.13 Å². The van der Waals surface area contributed by atoms with E-state index in [1.165, 1.54) is 11.3 Å². The van der Waals surface area contributed by atoms with Crippen LogP contribution in [0, 0.1) is 0 Å².